The van der Waals surface area contributed by atoms with Crippen molar-refractivity contribution in [1.82, 2.24) is 4.98 Å². The molecule has 1 aliphatic heterocycles. The molecule has 0 aliphatic carbocycles. The zero-order valence-corrected chi connectivity index (χ0v) is 17.6. The summed E-state index contributed by atoms with van der Waals surface area (Å²) in [5.41, 5.74) is 5.75. The third kappa shape index (κ3) is 4.05. The van der Waals surface area contributed by atoms with E-state index in [1.165, 1.54) is 31.2 Å². The lowest BCUT2D eigenvalue weighted by molar-refractivity contribution is -0.137. The predicted molar refractivity (Wildman–Crippen MR) is 125 cm³/mol. The molecule has 1 unspecified atom stereocenters. The summed E-state index contributed by atoms with van der Waals surface area (Å²) in [6, 6.07) is 17.3. The molecule has 0 bridgehead atoms. The fraction of sp³-hybridized carbons (Fsp3) is 0.115. The first-order valence-corrected chi connectivity index (χ1v) is 10.4. The van der Waals surface area contributed by atoms with Gasteiger partial charge < -0.3 is 10.4 Å². The van der Waals surface area contributed by atoms with Gasteiger partial charge in [0.25, 0.3) is 0 Å². The number of anilines is 1. The Morgan fingerprint density at radius 3 is 2.12 bits per heavy atom. The van der Waals surface area contributed by atoms with Gasteiger partial charge in [-0.1, -0.05) is 36.4 Å². The van der Waals surface area contributed by atoms with Crippen molar-refractivity contribution >= 4 is 28.3 Å². The molecule has 2 heterocycles. The number of fused-ring (bicyclic) bond motifs is 1. The minimum absolute atomic E-state index is 0.294. The van der Waals surface area contributed by atoms with Crippen molar-refractivity contribution in [2.24, 2.45) is 4.99 Å². The van der Waals surface area contributed by atoms with Crippen LogP contribution in [0.3, 0.4) is 0 Å². The quantitative estimate of drug-likeness (QED) is 0.411. The molecule has 0 fully saturated rings. The smallest absolute Gasteiger partial charge is 0.325 e. The number of halogens is 2. The lowest BCUT2D eigenvalue weighted by Crippen LogP contribution is -2.26. The minimum Gasteiger partial charge on any atom is -0.480 e. The van der Waals surface area contributed by atoms with E-state index in [2.05, 4.69) is 10.3 Å². The topological polar surface area (TPSA) is 74.6 Å². The molecule has 4 aromatic rings. The highest BCUT2D eigenvalue weighted by molar-refractivity contribution is 6.21. The van der Waals surface area contributed by atoms with Crippen molar-refractivity contribution in [3.05, 3.63) is 83.9 Å². The highest BCUT2D eigenvalue weighted by Crippen LogP contribution is 2.38. The van der Waals surface area contributed by atoms with Crippen LogP contribution < -0.4 is 5.32 Å². The van der Waals surface area contributed by atoms with Gasteiger partial charge in [0.05, 0.1) is 29.2 Å². The van der Waals surface area contributed by atoms with Crippen LogP contribution in [0.25, 0.3) is 33.3 Å². The van der Waals surface area contributed by atoms with E-state index in [1.54, 1.807) is 18.2 Å². The Hall–Kier alpha value is -4.13. The van der Waals surface area contributed by atoms with Gasteiger partial charge in [0.2, 0.25) is 0 Å². The highest BCUT2D eigenvalue weighted by atomic mass is 19.1. The number of aromatic nitrogens is 1. The molecule has 1 atom stereocenters. The van der Waals surface area contributed by atoms with Gasteiger partial charge in [0.1, 0.15) is 17.7 Å². The Kier molecular flexibility index (Phi) is 5.09. The van der Waals surface area contributed by atoms with Crippen LogP contribution in [0.5, 0.6) is 0 Å². The van der Waals surface area contributed by atoms with E-state index >= 15 is 0 Å². The van der Waals surface area contributed by atoms with E-state index < -0.39 is 17.8 Å². The van der Waals surface area contributed by atoms with Crippen LogP contribution in [0, 0.1) is 11.6 Å². The Morgan fingerprint density at radius 1 is 0.939 bits per heavy atom. The van der Waals surface area contributed by atoms with E-state index in [9.17, 15) is 18.7 Å². The lowest BCUT2D eigenvalue weighted by Gasteiger charge is -2.19. The number of benzene rings is 3. The molecule has 0 radical (unpaired) electrons. The SMILES string of the molecule is CC(Nc1c(C2=NC2)c(-c2ccc(-c3ccc(F)cc3)cc2)nc2ccc(F)cc12)C(=O)O. The first kappa shape index (κ1) is 20.8. The summed E-state index contributed by atoms with van der Waals surface area (Å²) in [6.07, 6.45) is 0. The van der Waals surface area contributed by atoms with Gasteiger partial charge in [-0.2, -0.15) is 0 Å². The zero-order chi connectivity index (χ0) is 23.1. The average molecular weight is 443 g/mol. The summed E-state index contributed by atoms with van der Waals surface area (Å²) in [6.45, 7) is 2.04. The van der Waals surface area contributed by atoms with Crippen molar-refractivity contribution in [3.8, 4) is 22.4 Å². The second-order valence-electron chi connectivity index (χ2n) is 7.92. The maximum Gasteiger partial charge on any atom is 0.325 e. The number of aliphatic imine (C=N–C) groups is 1. The number of rotatable bonds is 6. The molecule has 0 spiro atoms. The van der Waals surface area contributed by atoms with Gasteiger partial charge >= 0.3 is 5.97 Å². The number of aliphatic carboxylic acids is 1. The molecule has 5 rings (SSSR count). The average Bonchev–Trinajstić information content (AvgIpc) is 3.65. The number of carbonyl (C=O) groups is 1. The number of pyridine rings is 1. The van der Waals surface area contributed by atoms with Crippen molar-refractivity contribution in [3.63, 3.8) is 0 Å². The Morgan fingerprint density at radius 2 is 1.52 bits per heavy atom. The minimum atomic E-state index is -1.02. The second-order valence-corrected chi connectivity index (χ2v) is 7.92. The van der Waals surface area contributed by atoms with E-state index in [0.29, 0.717) is 34.4 Å². The molecule has 164 valence electrons. The molecule has 0 amide bonds. The number of carboxylic acid groups (broad SMARTS) is 1. The molecular formula is C26H19F2N3O2. The third-order valence-corrected chi connectivity index (χ3v) is 5.62. The van der Waals surface area contributed by atoms with Crippen LogP contribution in [-0.2, 0) is 4.79 Å². The second kappa shape index (κ2) is 8.09. The van der Waals surface area contributed by atoms with Crippen molar-refractivity contribution < 1.29 is 18.7 Å². The summed E-state index contributed by atoms with van der Waals surface area (Å²) in [5.74, 6) is -1.75. The van der Waals surface area contributed by atoms with Crippen LogP contribution in [0.2, 0.25) is 0 Å². The fourth-order valence-corrected chi connectivity index (χ4v) is 3.81. The van der Waals surface area contributed by atoms with E-state index in [-0.39, 0.29) is 5.82 Å². The van der Waals surface area contributed by atoms with Crippen LogP contribution in [0.4, 0.5) is 14.5 Å². The maximum absolute atomic E-state index is 14.1. The number of nitrogens with zero attached hydrogens (tertiary/aromatic N) is 2. The molecule has 7 heteroatoms. The summed E-state index contributed by atoms with van der Waals surface area (Å²) in [4.78, 5) is 20.7. The molecule has 1 aliphatic rings. The number of carboxylic acids is 1. The van der Waals surface area contributed by atoms with E-state index in [4.69, 9.17) is 4.98 Å². The Balaban J connectivity index is 1.67. The third-order valence-electron chi connectivity index (χ3n) is 5.62. The summed E-state index contributed by atoms with van der Waals surface area (Å²) >= 11 is 0. The molecule has 3 aromatic carbocycles. The van der Waals surface area contributed by atoms with Crippen LogP contribution in [0.1, 0.15) is 12.5 Å². The fourth-order valence-electron chi connectivity index (χ4n) is 3.81. The van der Waals surface area contributed by atoms with E-state index in [1.807, 2.05) is 24.3 Å². The lowest BCUT2D eigenvalue weighted by atomic mass is 9.96. The van der Waals surface area contributed by atoms with Crippen molar-refractivity contribution in [2.45, 2.75) is 13.0 Å². The number of hydrogen-bond acceptors (Lipinski definition) is 4. The zero-order valence-electron chi connectivity index (χ0n) is 17.6. The molecular weight excluding hydrogens is 424 g/mol. The molecule has 2 N–H and O–H groups in total. The maximum atomic E-state index is 14.1. The Labute approximate surface area is 188 Å². The van der Waals surface area contributed by atoms with Crippen molar-refractivity contribution in [2.75, 3.05) is 11.9 Å². The summed E-state index contributed by atoms with van der Waals surface area (Å²) < 4.78 is 27.3. The molecule has 33 heavy (non-hydrogen) atoms. The first-order chi connectivity index (χ1) is 15.9. The molecule has 0 saturated heterocycles. The van der Waals surface area contributed by atoms with E-state index in [0.717, 1.165) is 22.4 Å². The van der Waals surface area contributed by atoms with Gasteiger partial charge in [0.15, 0.2) is 0 Å². The van der Waals surface area contributed by atoms with Gasteiger partial charge in [-0.15, -0.1) is 0 Å². The predicted octanol–water partition coefficient (Wildman–Crippen LogP) is 5.53. The molecule has 5 nitrogen and oxygen atoms in total. The largest absolute Gasteiger partial charge is 0.480 e. The standard InChI is InChI=1S/C26H19F2N3O2/c1-14(26(32)33)30-25-20-12-19(28)10-11-21(20)31-24(23(25)22-13-29-22)17-4-2-15(3-5-17)16-6-8-18(27)9-7-16/h2-12,14H,13H2,1H3,(H,30,31)(H,32,33). The summed E-state index contributed by atoms with van der Waals surface area (Å²) in [5, 5.41) is 13.0. The number of nitrogens with one attached hydrogen (secondary N) is 1. The van der Waals surface area contributed by atoms with Gasteiger partial charge in [-0.05, 0) is 48.4 Å². The monoisotopic (exact) mass is 443 g/mol. The van der Waals surface area contributed by atoms with Gasteiger partial charge in [0, 0.05) is 16.5 Å². The van der Waals surface area contributed by atoms with Gasteiger partial charge in [-0.25, -0.2) is 13.8 Å². The number of hydrogen-bond donors (Lipinski definition) is 2. The normalized spacial score (nSPS) is 13.5. The van der Waals surface area contributed by atoms with Crippen LogP contribution >= 0.6 is 0 Å². The van der Waals surface area contributed by atoms with Crippen molar-refractivity contribution in [1.29, 1.82) is 0 Å². The van der Waals surface area contributed by atoms with Crippen LogP contribution in [-0.4, -0.2) is 34.4 Å². The Bertz CT molecular complexity index is 1410. The first-order valence-electron chi connectivity index (χ1n) is 10.4. The molecule has 0 saturated carbocycles. The highest BCUT2D eigenvalue weighted by Gasteiger charge is 2.27. The summed E-state index contributed by atoms with van der Waals surface area (Å²) in [7, 11) is 0. The van der Waals surface area contributed by atoms with Crippen LogP contribution in [0.15, 0.2) is 71.7 Å². The van der Waals surface area contributed by atoms with Gasteiger partial charge in [-0.3, -0.25) is 9.79 Å². The molecule has 1 aromatic heterocycles.